The van der Waals surface area contributed by atoms with Crippen LogP contribution in [-0.2, 0) is 7.05 Å². The molecule has 0 unspecified atom stereocenters. The van der Waals surface area contributed by atoms with Gasteiger partial charge in [0.2, 0.25) is 0 Å². The Labute approximate surface area is 87.3 Å². The summed E-state index contributed by atoms with van der Waals surface area (Å²) >= 11 is 1.45. The summed E-state index contributed by atoms with van der Waals surface area (Å²) in [7, 11) is 1.85. The van der Waals surface area contributed by atoms with Gasteiger partial charge in [-0.3, -0.25) is 0 Å². The number of carboxylic acids is 1. The standard InChI is InChI=1S/C9H14N2O2S/c1-5(2)7-6(8(12)13)10-9(14-4)11(7)3/h5H,1-4H3,(H,12,13). The van der Waals surface area contributed by atoms with Gasteiger partial charge in [-0.1, -0.05) is 25.6 Å². The predicted octanol–water partition coefficient (Wildman–Crippen LogP) is 1.96. The Balaban J connectivity index is 3.35. The quantitative estimate of drug-likeness (QED) is 0.781. The van der Waals surface area contributed by atoms with Crippen LogP contribution in [-0.4, -0.2) is 26.9 Å². The molecule has 0 aliphatic rings. The summed E-state index contributed by atoms with van der Waals surface area (Å²) in [4.78, 5) is 15.0. The smallest absolute Gasteiger partial charge is 0.356 e. The maximum atomic E-state index is 10.9. The molecule has 1 rings (SSSR count). The molecular weight excluding hydrogens is 200 g/mol. The largest absolute Gasteiger partial charge is 0.476 e. The van der Waals surface area contributed by atoms with E-state index in [-0.39, 0.29) is 11.6 Å². The van der Waals surface area contributed by atoms with Crippen LogP contribution < -0.4 is 0 Å². The van der Waals surface area contributed by atoms with E-state index in [1.165, 1.54) is 11.8 Å². The number of carbonyl (C=O) groups is 1. The average molecular weight is 214 g/mol. The zero-order valence-electron chi connectivity index (χ0n) is 8.74. The fourth-order valence-corrected chi connectivity index (χ4v) is 2.05. The number of aromatic nitrogens is 2. The minimum Gasteiger partial charge on any atom is -0.476 e. The lowest BCUT2D eigenvalue weighted by Crippen LogP contribution is -2.06. The van der Waals surface area contributed by atoms with Crippen molar-refractivity contribution in [2.45, 2.75) is 24.9 Å². The van der Waals surface area contributed by atoms with Crippen LogP contribution >= 0.6 is 11.8 Å². The third-order valence-corrected chi connectivity index (χ3v) is 2.76. The number of imidazole rings is 1. The Bertz CT molecular complexity index is 358. The fraction of sp³-hybridized carbons (Fsp3) is 0.556. The van der Waals surface area contributed by atoms with Crippen LogP contribution in [0.5, 0.6) is 0 Å². The van der Waals surface area contributed by atoms with E-state index < -0.39 is 5.97 Å². The number of nitrogens with zero attached hydrogens (tertiary/aromatic N) is 2. The van der Waals surface area contributed by atoms with Gasteiger partial charge >= 0.3 is 5.97 Å². The molecule has 0 radical (unpaired) electrons. The van der Waals surface area contributed by atoms with Gasteiger partial charge in [-0.2, -0.15) is 0 Å². The van der Waals surface area contributed by atoms with Gasteiger partial charge in [0.1, 0.15) is 0 Å². The van der Waals surface area contributed by atoms with Crippen molar-refractivity contribution in [2.75, 3.05) is 6.26 Å². The molecule has 1 aromatic heterocycles. The highest BCUT2D eigenvalue weighted by atomic mass is 32.2. The van der Waals surface area contributed by atoms with Crippen molar-refractivity contribution in [2.24, 2.45) is 7.05 Å². The van der Waals surface area contributed by atoms with Gasteiger partial charge in [0.05, 0.1) is 5.69 Å². The lowest BCUT2D eigenvalue weighted by Gasteiger charge is -2.07. The molecule has 0 atom stereocenters. The molecule has 0 aliphatic carbocycles. The van der Waals surface area contributed by atoms with Gasteiger partial charge in [0.15, 0.2) is 10.9 Å². The Morgan fingerprint density at radius 3 is 2.43 bits per heavy atom. The lowest BCUT2D eigenvalue weighted by molar-refractivity contribution is 0.0689. The molecule has 0 bridgehead atoms. The summed E-state index contributed by atoms with van der Waals surface area (Å²) in [5.41, 5.74) is 0.953. The molecule has 4 nitrogen and oxygen atoms in total. The first kappa shape index (κ1) is 11.1. The molecular formula is C9H14N2O2S. The third kappa shape index (κ3) is 1.77. The van der Waals surface area contributed by atoms with Crippen LogP contribution in [0, 0.1) is 0 Å². The summed E-state index contributed by atoms with van der Waals surface area (Å²) < 4.78 is 1.85. The summed E-state index contributed by atoms with van der Waals surface area (Å²) in [6, 6.07) is 0. The normalized spacial score (nSPS) is 10.9. The zero-order chi connectivity index (χ0) is 10.9. The van der Waals surface area contributed by atoms with Crippen molar-refractivity contribution >= 4 is 17.7 Å². The van der Waals surface area contributed by atoms with Crippen LogP contribution in [0.15, 0.2) is 5.16 Å². The van der Waals surface area contributed by atoms with Gasteiger partial charge in [-0.05, 0) is 12.2 Å². The summed E-state index contributed by atoms with van der Waals surface area (Å²) in [6.45, 7) is 3.93. The maximum absolute atomic E-state index is 10.9. The number of hydrogen-bond donors (Lipinski definition) is 1. The van der Waals surface area contributed by atoms with Gasteiger partial charge in [0.25, 0.3) is 0 Å². The van der Waals surface area contributed by atoms with Crippen molar-refractivity contribution in [1.29, 1.82) is 0 Å². The first-order valence-corrected chi connectivity index (χ1v) is 5.55. The van der Waals surface area contributed by atoms with Crippen molar-refractivity contribution in [3.8, 4) is 0 Å². The van der Waals surface area contributed by atoms with E-state index in [0.717, 1.165) is 10.9 Å². The summed E-state index contributed by atoms with van der Waals surface area (Å²) in [6.07, 6.45) is 1.89. The minimum absolute atomic E-state index is 0.166. The topological polar surface area (TPSA) is 55.1 Å². The molecule has 0 fully saturated rings. The Hall–Kier alpha value is -0.970. The van der Waals surface area contributed by atoms with E-state index in [4.69, 9.17) is 5.11 Å². The molecule has 78 valence electrons. The van der Waals surface area contributed by atoms with Crippen LogP contribution in [0.3, 0.4) is 0 Å². The second kappa shape index (κ2) is 4.04. The third-order valence-electron chi connectivity index (χ3n) is 2.03. The first-order valence-electron chi connectivity index (χ1n) is 4.33. The first-order chi connectivity index (χ1) is 6.49. The molecule has 0 amide bonds. The zero-order valence-corrected chi connectivity index (χ0v) is 9.55. The van der Waals surface area contributed by atoms with Gasteiger partial charge < -0.3 is 9.67 Å². The lowest BCUT2D eigenvalue weighted by atomic mass is 10.1. The van der Waals surface area contributed by atoms with Crippen molar-refractivity contribution in [3.05, 3.63) is 11.4 Å². The summed E-state index contributed by atoms with van der Waals surface area (Å²) in [5.74, 6) is -0.788. The highest BCUT2D eigenvalue weighted by Crippen LogP contribution is 2.24. The maximum Gasteiger partial charge on any atom is 0.356 e. The van der Waals surface area contributed by atoms with Crippen LogP contribution in [0.1, 0.15) is 35.9 Å². The SMILES string of the molecule is CSc1nc(C(=O)O)c(C(C)C)n1C. The van der Waals surface area contributed by atoms with Crippen LogP contribution in [0.25, 0.3) is 0 Å². The van der Waals surface area contributed by atoms with E-state index in [2.05, 4.69) is 4.98 Å². The van der Waals surface area contributed by atoms with Gasteiger partial charge in [-0.25, -0.2) is 9.78 Å². The second-order valence-corrected chi connectivity index (χ2v) is 4.12. The van der Waals surface area contributed by atoms with Crippen molar-refractivity contribution in [3.63, 3.8) is 0 Å². The highest BCUT2D eigenvalue weighted by molar-refractivity contribution is 7.98. The molecule has 0 spiro atoms. The monoisotopic (exact) mass is 214 g/mol. The molecule has 5 heteroatoms. The molecule has 0 saturated carbocycles. The van der Waals surface area contributed by atoms with E-state index in [1.54, 1.807) is 0 Å². The van der Waals surface area contributed by atoms with Crippen LogP contribution in [0.4, 0.5) is 0 Å². The average Bonchev–Trinajstić information content (AvgIpc) is 2.42. The molecule has 0 saturated heterocycles. The fourth-order valence-electron chi connectivity index (χ4n) is 1.49. The van der Waals surface area contributed by atoms with Gasteiger partial charge in [0, 0.05) is 7.05 Å². The summed E-state index contributed by atoms with van der Waals surface area (Å²) in [5, 5.41) is 9.70. The number of rotatable bonds is 3. The van der Waals surface area contributed by atoms with Crippen molar-refractivity contribution in [1.82, 2.24) is 9.55 Å². The van der Waals surface area contributed by atoms with E-state index in [9.17, 15) is 4.79 Å². The van der Waals surface area contributed by atoms with Crippen LogP contribution in [0.2, 0.25) is 0 Å². The Morgan fingerprint density at radius 2 is 2.14 bits per heavy atom. The van der Waals surface area contributed by atoms with E-state index >= 15 is 0 Å². The molecule has 1 N–H and O–H groups in total. The van der Waals surface area contributed by atoms with Crippen molar-refractivity contribution < 1.29 is 9.90 Å². The molecule has 1 aromatic rings. The number of aromatic carboxylic acids is 1. The second-order valence-electron chi connectivity index (χ2n) is 3.35. The van der Waals surface area contributed by atoms with E-state index in [0.29, 0.717) is 0 Å². The molecule has 1 heterocycles. The van der Waals surface area contributed by atoms with E-state index in [1.807, 2.05) is 31.7 Å². The molecule has 0 aliphatic heterocycles. The predicted molar refractivity (Wildman–Crippen MR) is 56.0 cm³/mol. The Morgan fingerprint density at radius 1 is 1.57 bits per heavy atom. The minimum atomic E-state index is -0.954. The van der Waals surface area contributed by atoms with Gasteiger partial charge in [-0.15, -0.1) is 0 Å². The molecule has 0 aromatic carbocycles. The number of thioether (sulfide) groups is 1. The number of carboxylic acid groups (broad SMARTS) is 1. The number of hydrogen-bond acceptors (Lipinski definition) is 3. The Kier molecular flexibility index (Phi) is 3.21. The highest BCUT2D eigenvalue weighted by Gasteiger charge is 2.21. The molecule has 14 heavy (non-hydrogen) atoms.